The summed E-state index contributed by atoms with van der Waals surface area (Å²) in [5.41, 5.74) is 4.48. The molecule has 1 aliphatic carbocycles. The average Bonchev–Trinajstić information content (AvgIpc) is 3.07. The topological polar surface area (TPSA) is 15.3 Å². The van der Waals surface area contributed by atoms with Crippen molar-refractivity contribution >= 4 is 0 Å². The van der Waals surface area contributed by atoms with E-state index in [2.05, 4.69) is 42.3 Å². The van der Waals surface area contributed by atoms with Crippen LogP contribution in [-0.2, 0) is 19.6 Å². The zero-order valence-corrected chi connectivity index (χ0v) is 11.6. The smallest absolute Gasteiger partial charge is 0.0236 e. The summed E-state index contributed by atoms with van der Waals surface area (Å²) >= 11 is 0. The fourth-order valence-corrected chi connectivity index (χ4v) is 2.93. The van der Waals surface area contributed by atoms with Gasteiger partial charge in [-0.3, -0.25) is 4.90 Å². The number of nitrogens with zero attached hydrogens (tertiary/aromatic N) is 1. The second-order valence-corrected chi connectivity index (χ2v) is 6.26. The number of rotatable bonds is 5. The minimum Gasteiger partial charge on any atom is -0.309 e. The van der Waals surface area contributed by atoms with Gasteiger partial charge in [0.1, 0.15) is 0 Å². The van der Waals surface area contributed by atoms with E-state index in [0.717, 1.165) is 31.6 Å². The summed E-state index contributed by atoms with van der Waals surface area (Å²) in [6, 6.07) is 7.90. The van der Waals surface area contributed by atoms with Crippen molar-refractivity contribution in [2.24, 2.45) is 5.92 Å². The zero-order chi connectivity index (χ0) is 12.5. The molecule has 0 unspecified atom stereocenters. The lowest BCUT2D eigenvalue weighted by Gasteiger charge is -2.24. The van der Waals surface area contributed by atoms with Crippen LogP contribution in [0.1, 0.15) is 43.4 Å². The highest BCUT2D eigenvalue weighted by atomic mass is 15.2. The van der Waals surface area contributed by atoms with E-state index in [4.69, 9.17) is 0 Å². The van der Waals surface area contributed by atoms with Gasteiger partial charge < -0.3 is 5.32 Å². The first-order chi connectivity index (χ1) is 8.72. The number of fused-ring (bicyclic) bond motifs is 1. The summed E-state index contributed by atoms with van der Waals surface area (Å²) in [5.74, 6) is 0.765. The molecular formula is C16H24N2. The largest absolute Gasteiger partial charge is 0.309 e. The molecule has 1 heterocycles. The molecule has 0 spiro atoms. The highest BCUT2D eigenvalue weighted by Crippen LogP contribution is 2.29. The van der Waals surface area contributed by atoms with Crippen molar-refractivity contribution in [1.82, 2.24) is 10.2 Å². The Balaban J connectivity index is 1.70. The summed E-state index contributed by atoms with van der Waals surface area (Å²) in [6.07, 6.45) is 2.80. The van der Waals surface area contributed by atoms with E-state index in [1.54, 1.807) is 0 Å². The van der Waals surface area contributed by atoms with Gasteiger partial charge in [0.25, 0.3) is 0 Å². The van der Waals surface area contributed by atoms with Gasteiger partial charge in [-0.25, -0.2) is 0 Å². The monoisotopic (exact) mass is 244 g/mol. The molecule has 1 fully saturated rings. The average molecular weight is 244 g/mol. The van der Waals surface area contributed by atoms with Crippen molar-refractivity contribution in [3.8, 4) is 0 Å². The van der Waals surface area contributed by atoms with Crippen LogP contribution >= 0.6 is 0 Å². The lowest BCUT2D eigenvalue weighted by atomic mass is 10.1. The van der Waals surface area contributed by atoms with E-state index in [9.17, 15) is 0 Å². The van der Waals surface area contributed by atoms with Gasteiger partial charge in [0.2, 0.25) is 0 Å². The first-order valence-electron chi connectivity index (χ1n) is 7.28. The Morgan fingerprint density at radius 3 is 2.72 bits per heavy atom. The Morgan fingerprint density at radius 1 is 1.22 bits per heavy atom. The van der Waals surface area contributed by atoms with E-state index in [0.29, 0.717) is 0 Å². The summed E-state index contributed by atoms with van der Waals surface area (Å²) in [4.78, 5) is 2.68. The molecule has 0 amide bonds. The molecule has 0 aromatic heterocycles. The van der Waals surface area contributed by atoms with Crippen LogP contribution in [0.5, 0.6) is 0 Å². The molecule has 1 N–H and O–H groups in total. The molecule has 0 saturated heterocycles. The molecule has 18 heavy (non-hydrogen) atoms. The zero-order valence-electron chi connectivity index (χ0n) is 11.6. The fourth-order valence-electron chi connectivity index (χ4n) is 2.93. The quantitative estimate of drug-likeness (QED) is 0.857. The van der Waals surface area contributed by atoms with Crippen molar-refractivity contribution in [3.05, 3.63) is 34.9 Å². The maximum Gasteiger partial charge on any atom is 0.0236 e. The van der Waals surface area contributed by atoms with Gasteiger partial charge in [0, 0.05) is 32.2 Å². The maximum atomic E-state index is 3.42. The molecule has 2 nitrogen and oxygen atoms in total. The van der Waals surface area contributed by atoms with Crippen LogP contribution < -0.4 is 5.32 Å². The molecule has 1 saturated carbocycles. The SMILES string of the molecule is CC(C)CN(Cc1ccc2c(c1)CNC2)C1CC1. The number of hydrogen-bond acceptors (Lipinski definition) is 2. The molecule has 0 bridgehead atoms. The van der Waals surface area contributed by atoms with Crippen LogP contribution in [0.3, 0.4) is 0 Å². The van der Waals surface area contributed by atoms with Crippen molar-refractivity contribution in [2.45, 2.75) is 52.4 Å². The first kappa shape index (κ1) is 12.2. The molecule has 98 valence electrons. The van der Waals surface area contributed by atoms with Crippen molar-refractivity contribution < 1.29 is 0 Å². The second kappa shape index (κ2) is 5.02. The van der Waals surface area contributed by atoms with Crippen molar-refractivity contribution in [3.63, 3.8) is 0 Å². The summed E-state index contributed by atoms with van der Waals surface area (Å²) in [7, 11) is 0. The Kier molecular flexibility index (Phi) is 3.40. The highest BCUT2D eigenvalue weighted by molar-refractivity contribution is 5.34. The van der Waals surface area contributed by atoms with Crippen LogP contribution in [-0.4, -0.2) is 17.5 Å². The third-order valence-electron chi connectivity index (χ3n) is 3.95. The van der Waals surface area contributed by atoms with Gasteiger partial charge in [0.15, 0.2) is 0 Å². The van der Waals surface area contributed by atoms with Gasteiger partial charge in [-0.1, -0.05) is 32.0 Å². The Bertz CT molecular complexity index is 421. The predicted molar refractivity (Wildman–Crippen MR) is 75.3 cm³/mol. The van der Waals surface area contributed by atoms with Crippen LogP contribution in [0.2, 0.25) is 0 Å². The van der Waals surface area contributed by atoms with Crippen molar-refractivity contribution in [2.75, 3.05) is 6.54 Å². The van der Waals surface area contributed by atoms with Crippen molar-refractivity contribution in [1.29, 1.82) is 0 Å². The Morgan fingerprint density at radius 2 is 2.00 bits per heavy atom. The molecule has 1 aromatic carbocycles. The Hall–Kier alpha value is -0.860. The van der Waals surface area contributed by atoms with E-state index in [1.807, 2.05) is 0 Å². The maximum absolute atomic E-state index is 3.42. The Labute approximate surface area is 110 Å². The molecule has 1 aliphatic heterocycles. The lowest BCUT2D eigenvalue weighted by Crippen LogP contribution is -2.29. The molecule has 0 radical (unpaired) electrons. The normalized spacial score (nSPS) is 18.7. The van der Waals surface area contributed by atoms with Gasteiger partial charge in [-0.2, -0.15) is 0 Å². The fraction of sp³-hybridized carbons (Fsp3) is 0.625. The van der Waals surface area contributed by atoms with Gasteiger partial charge >= 0.3 is 0 Å². The van der Waals surface area contributed by atoms with Crippen LogP contribution in [0.4, 0.5) is 0 Å². The minimum atomic E-state index is 0.765. The molecule has 2 heteroatoms. The van der Waals surface area contributed by atoms with Crippen LogP contribution in [0, 0.1) is 5.92 Å². The lowest BCUT2D eigenvalue weighted by molar-refractivity contribution is 0.226. The minimum absolute atomic E-state index is 0.765. The van der Waals surface area contributed by atoms with Crippen LogP contribution in [0.25, 0.3) is 0 Å². The van der Waals surface area contributed by atoms with Crippen LogP contribution in [0.15, 0.2) is 18.2 Å². The number of nitrogens with one attached hydrogen (secondary N) is 1. The molecule has 1 aromatic rings. The molecule has 0 atom stereocenters. The molecule has 3 rings (SSSR count). The van der Waals surface area contributed by atoms with E-state index >= 15 is 0 Å². The predicted octanol–water partition coefficient (Wildman–Crippen LogP) is 2.91. The van der Waals surface area contributed by atoms with Gasteiger partial charge in [-0.05, 0) is 35.4 Å². The number of benzene rings is 1. The third-order valence-corrected chi connectivity index (χ3v) is 3.95. The molecular weight excluding hydrogens is 220 g/mol. The van der Waals surface area contributed by atoms with Gasteiger partial charge in [-0.15, -0.1) is 0 Å². The van der Waals surface area contributed by atoms with Gasteiger partial charge in [0.05, 0.1) is 0 Å². The second-order valence-electron chi connectivity index (χ2n) is 6.26. The van der Waals surface area contributed by atoms with E-state index in [-0.39, 0.29) is 0 Å². The summed E-state index contributed by atoms with van der Waals surface area (Å²) in [6.45, 7) is 9.12. The van der Waals surface area contributed by atoms with E-state index in [1.165, 1.54) is 36.1 Å². The summed E-state index contributed by atoms with van der Waals surface area (Å²) in [5, 5.41) is 3.42. The van der Waals surface area contributed by atoms with E-state index < -0.39 is 0 Å². The summed E-state index contributed by atoms with van der Waals surface area (Å²) < 4.78 is 0. The number of hydrogen-bond donors (Lipinski definition) is 1. The third kappa shape index (κ3) is 2.76. The highest BCUT2D eigenvalue weighted by Gasteiger charge is 2.29. The standard InChI is InChI=1S/C16H24N2/c1-12(2)10-18(16-5-6-16)11-13-3-4-14-8-17-9-15(14)7-13/h3-4,7,12,16-17H,5-6,8-11H2,1-2H3. The molecule has 2 aliphatic rings. The first-order valence-corrected chi connectivity index (χ1v) is 7.28.